The first-order chi connectivity index (χ1) is 7.89. The van der Waals surface area contributed by atoms with E-state index < -0.39 is 16.8 Å². The summed E-state index contributed by atoms with van der Waals surface area (Å²) < 4.78 is 43.5. The standard InChI is InChI=1S/C11H9Cl2F3O/c12-8-5-6(9-2-1-3-17-9)4-7(10(8)13)11(14,15)16/h4-5,9H,1-3H2. The summed E-state index contributed by atoms with van der Waals surface area (Å²) >= 11 is 11.3. The normalized spacial score (nSPS) is 20.9. The number of alkyl halides is 3. The first kappa shape index (κ1) is 13.0. The van der Waals surface area contributed by atoms with E-state index in [9.17, 15) is 13.2 Å². The molecule has 0 N–H and O–H groups in total. The maximum absolute atomic E-state index is 12.7. The van der Waals surface area contributed by atoms with Crippen LogP contribution in [-0.2, 0) is 10.9 Å². The molecule has 0 spiro atoms. The van der Waals surface area contributed by atoms with E-state index in [2.05, 4.69) is 0 Å². The van der Waals surface area contributed by atoms with Crippen molar-refractivity contribution < 1.29 is 17.9 Å². The SMILES string of the molecule is FC(F)(F)c1cc(C2CCCO2)cc(Cl)c1Cl. The number of hydrogen-bond acceptors (Lipinski definition) is 1. The van der Waals surface area contributed by atoms with Crippen LogP contribution in [0.25, 0.3) is 0 Å². The second kappa shape index (κ2) is 4.67. The maximum Gasteiger partial charge on any atom is 0.417 e. The summed E-state index contributed by atoms with van der Waals surface area (Å²) in [5.74, 6) is 0. The van der Waals surface area contributed by atoms with Gasteiger partial charge in [0.2, 0.25) is 0 Å². The number of benzene rings is 1. The molecule has 1 atom stereocenters. The van der Waals surface area contributed by atoms with Gasteiger partial charge in [0.15, 0.2) is 0 Å². The molecule has 1 fully saturated rings. The van der Waals surface area contributed by atoms with Gasteiger partial charge in [-0.2, -0.15) is 13.2 Å². The quantitative estimate of drug-likeness (QED) is 0.715. The first-order valence-electron chi connectivity index (χ1n) is 5.07. The van der Waals surface area contributed by atoms with E-state index in [-0.39, 0.29) is 11.1 Å². The summed E-state index contributed by atoms with van der Waals surface area (Å²) in [5, 5.41) is -0.548. The van der Waals surface area contributed by atoms with Gasteiger partial charge in [0.05, 0.1) is 21.7 Å². The minimum atomic E-state index is -4.50. The zero-order valence-corrected chi connectivity index (χ0v) is 10.2. The minimum Gasteiger partial charge on any atom is -0.374 e. The van der Waals surface area contributed by atoms with Crippen molar-refractivity contribution in [3.05, 3.63) is 33.3 Å². The van der Waals surface area contributed by atoms with Crippen LogP contribution >= 0.6 is 23.2 Å². The Morgan fingerprint density at radius 1 is 1.24 bits per heavy atom. The van der Waals surface area contributed by atoms with Crippen molar-refractivity contribution in [1.82, 2.24) is 0 Å². The van der Waals surface area contributed by atoms with Gasteiger partial charge in [0.1, 0.15) is 0 Å². The number of hydrogen-bond donors (Lipinski definition) is 0. The van der Waals surface area contributed by atoms with E-state index in [1.807, 2.05) is 0 Å². The molecule has 1 aromatic rings. The summed E-state index contributed by atoms with van der Waals surface area (Å²) in [6, 6.07) is 2.46. The Balaban J connectivity index is 2.45. The van der Waals surface area contributed by atoms with Crippen LogP contribution in [0.2, 0.25) is 10.0 Å². The Bertz CT molecular complexity index is 425. The van der Waals surface area contributed by atoms with Crippen LogP contribution in [0, 0.1) is 0 Å². The number of ether oxygens (including phenoxy) is 1. The molecule has 0 aromatic heterocycles. The van der Waals surface area contributed by atoms with Crippen LogP contribution in [0.1, 0.15) is 30.1 Å². The molecule has 1 aromatic carbocycles. The predicted octanol–water partition coefficient (Wildman–Crippen LogP) is 4.86. The van der Waals surface area contributed by atoms with Gasteiger partial charge in [-0.05, 0) is 30.5 Å². The number of rotatable bonds is 1. The van der Waals surface area contributed by atoms with Gasteiger partial charge in [-0.3, -0.25) is 0 Å². The third-order valence-corrected chi connectivity index (χ3v) is 3.46. The highest BCUT2D eigenvalue weighted by atomic mass is 35.5. The van der Waals surface area contributed by atoms with Crippen LogP contribution in [0.5, 0.6) is 0 Å². The highest BCUT2D eigenvalue weighted by Crippen LogP contribution is 2.41. The Morgan fingerprint density at radius 3 is 2.47 bits per heavy atom. The monoisotopic (exact) mass is 284 g/mol. The molecule has 6 heteroatoms. The van der Waals surface area contributed by atoms with E-state index in [1.54, 1.807) is 0 Å². The van der Waals surface area contributed by atoms with E-state index in [0.717, 1.165) is 12.5 Å². The molecule has 0 radical (unpaired) electrons. The Kier molecular flexibility index (Phi) is 3.57. The second-order valence-corrected chi connectivity index (χ2v) is 4.65. The van der Waals surface area contributed by atoms with E-state index in [0.29, 0.717) is 18.6 Å². The van der Waals surface area contributed by atoms with Gasteiger partial charge in [0.25, 0.3) is 0 Å². The molecular weight excluding hydrogens is 276 g/mol. The zero-order chi connectivity index (χ0) is 12.6. The fourth-order valence-corrected chi connectivity index (χ4v) is 2.29. The van der Waals surface area contributed by atoms with Crippen LogP contribution < -0.4 is 0 Å². The molecule has 1 heterocycles. The zero-order valence-electron chi connectivity index (χ0n) is 8.65. The average Bonchev–Trinajstić information content (AvgIpc) is 2.73. The summed E-state index contributed by atoms with van der Waals surface area (Å²) in [7, 11) is 0. The fraction of sp³-hybridized carbons (Fsp3) is 0.455. The predicted molar refractivity (Wildman–Crippen MR) is 59.4 cm³/mol. The molecule has 1 saturated heterocycles. The Labute approximate surface area is 106 Å². The van der Waals surface area contributed by atoms with Gasteiger partial charge in [-0.1, -0.05) is 23.2 Å². The molecule has 1 nitrogen and oxygen atoms in total. The summed E-state index contributed by atoms with van der Waals surface area (Å²) in [6.07, 6.45) is -3.28. The van der Waals surface area contributed by atoms with E-state index in [1.165, 1.54) is 6.07 Å². The lowest BCUT2D eigenvalue weighted by Gasteiger charge is -2.15. The van der Waals surface area contributed by atoms with Crippen LogP contribution in [0.3, 0.4) is 0 Å². The third-order valence-electron chi connectivity index (χ3n) is 2.66. The lowest BCUT2D eigenvalue weighted by Crippen LogP contribution is -2.08. The molecule has 0 saturated carbocycles. The van der Waals surface area contributed by atoms with Crippen molar-refractivity contribution in [2.45, 2.75) is 25.1 Å². The van der Waals surface area contributed by atoms with Crippen molar-refractivity contribution in [2.24, 2.45) is 0 Å². The largest absolute Gasteiger partial charge is 0.417 e. The summed E-state index contributed by atoms with van der Waals surface area (Å²) in [4.78, 5) is 0. The molecule has 94 valence electrons. The smallest absolute Gasteiger partial charge is 0.374 e. The van der Waals surface area contributed by atoms with E-state index in [4.69, 9.17) is 27.9 Å². The van der Waals surface area contributed by atoms with Gasteiger partial charge in [-0.25, -0.2) is 0 Å². The molecule has 2 rings (SSSR count). The lowest BCUT2D eigenvalue weighted by atomic mass is 10.0. The van der Waals surface area contributed by atoms with Crippen molar-refractivity contribution in [1.29, 1.82) is 0 Å². The van der Waals surface area contributed by atoms with Crippen LogP contribution in [0.4, 0.5) is 13.2 Å². The molecule has 17 heavy (non-hydrogen) atoms. The van der Waals surface area contributed by atoms with Gasteiger partial charge >= 0.3 is 6.18 Å². The van der Waals surface area contributed by atoms with Crippen molar-refractivity contribution >= 4 is 23.2 Å². The van der Waals surface area contributed by atoms with Gasteiger partial charge < -0.3 is 4.74 Å². The average molecular weight is 285 g/mol. The topological polar surface area (TPSA) is 9.23 Å². The first-order valence-corrected chi connectivity index (χ1v) is 5.83. The van der Waals surface area contributed by atoms with Crippen LogP contribution in [0.15, 0.2) is 12.1 Å². The lowest BCUT2D eigenvalue weighted by molar-refractivity contribution is -0.137. The highest BCUT2D eigenvalue weighted by molar-refractivity contribution is 6.42. The highest BCUT2D eigenvalue weighted by Gasteiger charge is 2.35. The van der Waals surface area contributed by atoms with Crippen LogP contribution in [-0.4, -0.2) is 6.61 Å². The van der Waals surface area contributed by atoms with E-state index >= 15 is 0 Å². The molecular formula is C11H9Cl2F3O. The molecule has 0 amide bonds. The van der Waals surface area contributed by atoms with Gasteiger partial charge in [0, 0.05) is 6.61 Å². The van der Waals surface area contributed by atoms with Crippen molar-refractivity contribution in [2.75, 3.05) is 6.61 Å². The fourth-order valence-electron chi connectivity index (χ4n) is 1.84. The third kappa shape index (κ3) is 2.69. The molecule has 0 aliphatic carbocycles. The Morgan fingerprint density at radius 2 is 1.94 bits per heavy atom. The van der Waals surface area contributed by atoms with Gasteiger partial charge in [-0.15, -0.1) is 0 Å². The van der Waals surface area contributed by atoms with Crippen molar-refractivity contribution in [3.63, 3.8) is 0 Å². The number of halogens is 5. The molecule has 1 aliphatic rings. The summed E-state index contributed by atoms with van der Waals surface area (Å²) in [5.41, 5.74) is -0.471. The molecule has 1 unspecified atom stereocenters. The molecule has 0 bridgehead atoms. The second-order valence-electron chi connectivity index (χ2n) is 3.86. The maximum atomic E-state index is 12.7. The van der Waals surface area contributed by atoms with Crippen molar-refractivity contribution in [3.8, 4) is 0 Å². The molecule has 1 aliphatic heterocycles. The summed E-state index contributed by atoms with van der Waals surface area (Å²) in [6.45, 7) is 0.562. The minimum absolute atomic E-state index is 0.0907. The Hall–Kier alpha value is -0.450.